The first kappa shape index (κ1) is 16.2. The first-order valence-electron chi connectivity index (χ1n) is 6.14. The molecule has 1 aromatic carbocycles. The second-order valence-electron chi connectivity index (χ2n) is 4.40. The highest BCUT2D eigenvalue weighted by Crippen LogP contribution is 2.33. The summed E-state index contributed by atoms with van der Waals surface area (Å²) >= 11 is 0.252. The molecule has 0 radical (unpaired) electrons. The van der Waals surface area contributed by atoms with Crippen molar-refractivity contribution >= 4 is 22.9 Å². The molecule has 0 aliphatic rings. The van der Waals surface area contributed by atoms with Gasteiger partial charge in [-0.1, -0.05) is 34.6 Å². The lowest BCUT2D eigenvalue weighted by Gasteiger charge is -2.19. The quantitative estimate of drug-likeness (QED) is 0.864. The van der Waals surface area contributed by atoms with Crippen LogP contribution in [0.25, 0.3) is 0 Å². The number of alkyl halides is 3. The van der Waals surface area contributed by atoms with E-state index in [-0.39, 0.29) is 16.5 Å². The number of carbonyl (C=O) groups excluding carboxylic acids is 1. The molecule has 0 atom stereocenters. The van der Waals surface area contributed by atoms with Crippen LogP contribution in [0.2, 0.25) is 0 Å². The van der Waals surface area contributed by atoms with E-state index in [0.717, 1.165) is 5.56 Å². The van der Waals surface area contributed by atoms with Gasteiger partial charge in [0, 0.05) is 12.7 Å². The van der Waals surface area contributed by atoms with Crippen LogP contribution in [0.5, 0.6) is 5.19 Å². The minimum atomic E-state index is -4.57. The van der Waals surface area contributed by atoms with Crippen LogP contribution < -0.4 is 9.64 Å². The van der Waals surface area contributed by atoms with E-state index in [2.05, 4.69) is 10.2 Å². The van der Waals surface area contributed by atoms with Crippen molar-refractivity contribution in [1.29, 1.82) is 0 Å². The Morgan fingerprint density at radius 2 is 2.00 bits per heavy atom. The summed E-state index contributed by atoms with van der Waals surface area (Å²) in [6.45, 7) is 1.43. The van der Waals surface area contributed by atoms with Gasteiger partial charge in [-0.3, -0.25) is 4.79 Å². The molecule has 0 unspecified atom stereocenters. The SMILES string of the molecule is Cc1ccccc1N(C)C(=O)COc1nnc(C(F)(F)F)s1. The van der Waals surface area contributed by atoms with Gasteiger partial charge in [-0.2, -0.15) is 13.2 Å². The van der Waals surface area contributed by atoms with E-state index in [9.17, 15) is 18.0 Å². The number of ether oxygens (including phenoxy) is 1. The maximum Gasteiger partial charge on any atom is 0.445 e. The van der Waals surface area contributed by atoms with Crippen LogP contribution in [0.4, 0.5) is 18.9 Å². The number of nitrogens with zero attached hydrogens (tertiary/aromatic N) is 3. The van der Waals surface area contributed by atoms with E-state index in [1.54, 1.807) is 19.2 Å². The van der Waals surface area contributed by atoms with E-state index in [4.69, 9.17) is 4.74 Å². The number of halogens is 3. The van der Waals surface area contributed by atoms with Crippen LogP contribution in [0.15, 0.2) is 24.3 Å². The fourth-order valence-corrected chi connectivity index (χ4v) is 2.24. The summed E-state index contributed by atoms with van der Waals surface area (Å²) in [5.41, 5.74) is 1.60. The van der Waals surface area contributed by atoms with E-state index < -0.39 is 23.7 Å². The zero-order valence-electron chi connectivity index (χ0n) is 11.7. The van der Waals surface area contributed by atoms with Crippen molar-refractivity contribution in [1.82, 2.24) is 10.2 Å². The Bertz CT molecular complexity index is 673. The number of benzene rings is 1. The van der Waals surface area contributed by atoms with Crippen LogP contribution in [0.1, 0.15) is 10.6 Å². The minimum Gasteiger partial charge on any atom is -0.459 e. The molecule has 118 valence electrons. The fourth-order valence-electron chi connectivity index (χ4n) is 1.68. The molecule has 0 aliphatic carbocycles. The van der Waals surface area contributed by atoms with Crippen LogP contribution in [0.3, 0.4) is 0 Å². The molecule has 0 saturated carbocycles. The highest BCUT2D eigenvalue weighted by Gasteiger charge is 2.36. The van der Waals surface area contributed by atoms with Gasteiger partial charge in [0.1, 0.15) is 0 Å². The zero-order valence-corrected chi connectivity index (χ0v) is 12.5. The maximum atomic E-state index is 12.4. The van der Waals surface area contributed by atoms with Crippen LogP contribution in [0, 0.1) is 6.92 Å². The third kappa shape index (κ3) is 3.73. The molecule has 1 aromatic heterocycles. The number of hydrogen-bond acceptors (Lipinski definition) is 5. The molecule has 0 aliphatic heterocycles. The summed E-state index contributed by atoms with van der Waals surface area (Å²) in [6, 6.07) is 7.24. The average Bonchev–Trinajstić information content (AvgIpc) is 2.93. The van der Waals surface area contributed by atoms with Crippen LogP contribution in [-0.4, -0.2) is 29.8 Å². The zero-order chi connectivity index (χ0) is 16.3. The van der Waals surface area contributed by atoms with Crippen molar-refractivity contribution < 1.29 is 22.7 Å². The largest absolute Gasteiger partial charge is 0.459 e. The number of aryl methyl sites for hydroxylation is 1. The molecule has 22 heavy (non-hydrogen) atoms. The van der Waals surface area contributed by atoms with Gasteiger partial charge in [-0.05, 0) is 18.6 Å². The summed E-state index contributed by atoms with van der Waals surface area (Å²) in [5, 5.41) is 4.83. The molecule has 0 bridgehead atoms. The smallest absolute Gasteiger partial charge is 0.445 e. The third-order valence-electron chi connectivity index (χ3n) is 2.82. The van der Waals surface area contributed by atoms with E-state index in [1.165, 1.54) is 4.90 Å². The van der Waals surface area contributed by atoms with Crippen LogP contribution in [-0.2, 0) is 11.0 Å². The average molecular weight is 331 g/mol. The Labute approximate surface area is 128 Å². The molecule has 0 spiro atoms. The van der Waals surface area contributed by atoms with E-state index >= 15 is 0 Å². The molecule has 0 fully saturated rings. The first-order valence-corrected chi connectivity index (χ1v) is 6.96. The van der Waals surface area contributed by atoms with Crippen molar-refractivity contribution in [2.45, 2.75) is 13.1 Å². The lowest BCUT2D eigenvalue weighted by molar-refractivity contribution is -0.138. The molecular weight excluding hydrogens is 319 g/mol. The number of aromatic nitrogens is 2. The van der Waals surface area contributed by atoms with Crippen molar-refractivity contribution in [2.75, 3.05) is 18.6 Å². The molecule has 1 amide bonds. The standard InChI is InChI=1S/C13H12F3N3O2S/c1-8-5-3-4-6-9(8)19(2)10(20)7-21-12-18-17-11(22-12)13(14,15)16/h3-6H,7H2,1-2H3. The number of para-hydroxylation sites is 1. The fraction of sp³-hybridized carbons (Fsp3) is 0.308. The molecule has 0 saturated heterocycles. The van der Waals surface area contributed by atoms with Gasteiger partial charge < -0.3 is 9.64 Å². The predicted molar refractivity (Wildman–Crippen MR) is 75.0 cm³/mol. The minimum absolute atomic E-state index is 0.252. The summed E-state index contributed by atoms with van der Waals surface area (Å²) in [4.78, 5) is 13.4. The monoisotopic (exact) mass is 331 g/mol. The lowest BCUT2D eigenvalue weighted by Crippen LogP contribution is -2.31. The molecule has 9 heteroatoms. The Balaban J connectivity index is 1.98. The molecule has 1 heterocycles. The van der Waals surface area contributed by atoms with Gasteiger partial charge in [0.25, 0.3) is 11.1 Å². The van der Waals surface area contributed by atoms with Crippen LogP contribution >= 0.6 is 11.3 Å². The molecule has 5 nitrogen and oxygen atoms in total. The molecule has 0 N–H and O–H groups in total. The number of carbonyl (C=O) groups is 1. The normalized spacial score (nSPS) is 11.3. The van der Waals surface area contributed by atoms with E-state index in [1.807, 2.05) is 19.1 Å². The lowest BCUT2D eigenvalue weighted by atomic mass is 10.2. The Hall–Kier alpha value is -2.16. The summed E-state index contributed by atoms with van der Waals surface area (Å²) < 4.78 is 42.1. The first-order chi connectivity index (χ1) is 10.3. The second-order valence-corrected chi connectivity index (χ2v) is 5.34. The summed E-state index contributed by atoms with van der Waals surface area (Å²) in [7, 11) is 1.56. The summed E-state index contributed by atoms with van der Waals surface area (Å²) in [6.07, 6.45) is -4.57. The Morgan fingerprint density at radius 3 is 2.59 bits per heavy atom. The van der Waals surface area contributed by atoms with E-state index in [0.29, 0.717) is 5.69 Å². The molecular formula is C13H12F3N3O2S. The highest BCUT2D eigenvalue weighted by atomic mass is 32.1. The number of amides is 1. The van der Waals surface area contributed by atoms with Gasteiger partial charge in [-0.15, -0.1) is 5.10 Å². The predicted octanol–water partition coefficient (Wildman–Crippen LogP) is 2.91. The van der Waals surface area contributed by atoms with Gasteiger partial charge >= 0.3 is 6.18 Å². The van der Waals surface area contributed by atoms with Gasteiger partial charge in [0.2, 0.25) is 5.01 Å². The number of anilines is 1. The van der Waals surface area contributed by atoms with Gasteiger partial charge in [0.05, 0.1) is 0 Å². The Morgan fingerprint density at radius 1 is 1.32 bits per heavy atom. The topological polar surface area (TPSA) is 55.3 Å². The molecule has 2 rings (SSSR count). The van der Waals surface area contributed by atoms with Crippen molar-refractivity contribution in [2.24, 2.45) is 0 Å². The summed E-state index contributed by atoms with van der Waals surface area (Å²) in [5.74, 6) is -0.405. The number of likely N-dealkylation sites (N-methyl/N-ethyl adjacent to an activating group) is 1. The third-order valence-corrected chi connectivity index (χ3v) is 3.70. The van der Waals surface area contributed by atoms with Crippen molar-refractivity contribution in [3.05, 3.63) is 34.8 Å². The highest BCUT2D eigenvalue weighted by molar-refractivity contribution is 7.13. The number of rotatable bonds is 4. The maximum absolute atomic E-state index is 12.4. The second kappa shape index (κ2) is 6.30. The van der Waals surface area contributed by atoms with Crippen molar-refractivity contribution in [3.63, 3.8) is 0 Å². The molecule has 2 aromatic rings. The number of hydrogen-bond donors (Lipinski definition) is 0. The van der Waals surface area contributed by atoms with Gasteiger partial charge in [0.15, 0.2) is 6.61 Å². The van der Waals surface area contributed by atoms with Gasteiger partial charge in [-0.25, -0.2) is 0 Å². The Kier molecular flexibility index (Phi) is 4.65. The van der Waals surface area contributed by atoms with Crippen molar-refractivity contribution in [3.8, 4) is 5.19 Å².